The van der Waals surface area contributed by atoms with Crippen LogP contribution in [0.5, 0.6) is 5.75 Å². The largest absolute Gasteiger partial charge is 0.497 e. The van der Waals surface area contributed by atoms with Crippen LogP contribution in [0.4, 0.5) is 4.79 Å². The topological polar surface area (TPSA) is 124 Å². The van der Waals surface area contributed by atoms with Crippen molar-refractivity contribution in [3.63, 3.8) is 0 Å². The fraction of sp³-hybridized carbons (Fsp3) is 0.275. The number of methoxy groups -OCH3 is 1. The third-order valence-electron chi connectivity index (χ3n) is 9.34. The molecule has 0 unspecified atom stereocenters. The molecular weight excluding hydrogens is 667 g/mol. The third kappa shape index (κ3) is 8.92. The number of carbonyl (C=O) groups is 2. The maximum absolute atomic E-state index is 13.6. The van der Waals surface area contributed by atoms with Gasteiger partial charge in [-0.3, -0.25) is 4.79 Å². The second-order valence-corrected chi connectivity index (χ2v) is 14.4. The van der Waals surface area contributed by atoms with Gasteiger partial charge in [0.25, 0.3) is 0 Å². The number of aromatic nitrogens is 1. The van der Waals surface area contributed by atoms with E-state index in [1.807, 2.05) is 48.5 Å². The monoisotopic (exact) mass is 707 g/mol. The Morgan fingerprint density at radius 3 is 2.37 bits per heavy atom. The average Bonchev–Trinajstić information content (AvgIpc) is 3.17. The number of rotatable bonds is 13. The minimum atomic E-state index is -3.87. The number of hydrogen-bond acceptors (Lipinski definition) is 9. The Labute approximate surface area is 298 Å². The Hall–Kier alpha value is -5.26. The molecule has 1 amide bonds. The van der Waals surface area contributed by atoms with Crippen LogP contribution in [0.15, 0.2) is 125 Å². The molecule has 6 rings (SSSR count). The molecule has 1 aliphatic heterocycles. The second-order valence-electron chi connectivity index (χ2n) is 12.5. The molecule has 0 bridgehead atoms. The molecule has 0 spiro atoms. The summed E-state index contributed by atoms with van der Waals surface area (Å²) in [7, 11) is -2.36. The molecule has 11 heteroatoms. The minimum Gasteiger partial charge on any atom is -0.497 e. The highest BCUT2D eigenvalue weighted by Crippen LogP contribution is 2.30. The first-order chi connectivity index (χ1) is 24.8. The van der Waals surface area contributed by atoms with Gasteiger partial charge in [0.1, 0.15) is 5.75 Å². The number of hydrogen-bond donors (Lipinski definition) is 1. The van der Waals surface area contributed by atoms with E-state index in [2.05, 4.69) is 34.7 Å². The Bertz CT molecular complexity index is 2040. The predicted octanol–water partition coefficient (Wildman–Crippen LogP) is 6.57. The number of fused-ring (bicyclic) bond motifs is 1. The molecule has 51 heavy (non-hydrogen) atoms. The van der Waals surface area contributed by atoms with Gasteiger partial charge in [0.15, 0.2) is 5.03 Å². The van der Waals surface area contributed by atoms with E-state index in [4.69, 9.17) is 14.3 Å². The molecule has 10 nitrogen and oxygen atoms in total. The van der Waals surface area contributed by atoms with Crippen LogP contribution < -0.4 is 10.2 Å². The lowest BCUT2D eigenvalue weighted by Gasteiger charge is -2.34. The zero-order valence-electron chi connectivity index (χ0n) is 28.4. The van der Waals surface area contributed by atoms with Crippen LogP contribution in [-0.2, 0) is 43.6 Å². The summed E-state index contributed by atoms with van der Waals surface area (Å²) >= 11 is 0. The predicted molar refractivity (Wildman–Crippen MR) is 193 cm³/mol. The smallest absolute Gasteiger partial charge is 0.409 e. The van der Waals surface area contributed by atoms with Crippen molar-refractivity contribution in [2.24, 2.45) is 11.8 Å². The highest BCUT2D eigenvalue weighted by molar-refractivity contribution is 7.91. The third-order valence-corrected chi connectivity index (χ3v) is 11.0. The Kier molecular flexibility index (Phi) is 11.6. The van der Waals surface area contributed by atoms with Gasteiger partial charge in [-0.05, 0) is 89.0 Å². The van der Waals surface area contributed by atoms with Crippen LogP contribution in [0, 0.1) is 11.8 Å². The van der Waals surface area contributed by atoms with E-state index >= 15 is 0 Å². The van der Waals surface area contributed by atoms with Gasteiger partial charge in [0.2, 0.25) is 9.84 Å². The molecule has 1 aromatic heterocycles. The molecule has 1 N–H and O–H groups in total. The van der Waals surface area contributed by atoms with Crippen molar-refractivity contribution in [2.75, 3.05) is 26.8 Å². The van der Waals surface area contributed by atoms with Crippen LogP contribution in [0.2, 0.25) is 0 Å². The maximum Gasteiger partial charge on any atom is 0.409 e. The van der Waals surface area contributed by atoms with E-state index in [1.54, 1.807) is 23.1 Å². The van der Waals surface area contributed by atoms with Crippen LogP contribution in [-0.4, -0.2) is 57.2 Å². The maximum atomic E-state index is 13.6. The molecule has 264 valence electrons. The van der Waals surface area contributed by atoms with E-state index in [1.165, 1.54) is 31.5 Å². The van der Waals surface area contributed by atoms with E-state index in [0.29, 0.717) is 50.1 Å². The van der Waals surface area contributed by atoms with Crippen molar-refractivity contribution in [3.8, 4) is 5.75 Å². The lowest BCUT2D eigenvalue weighted by molar-refractivity contribution is -0.159. The van der Waals surface area contributed by atoms with Crippen LogP contribution in [0.1, 0.15) is 29.5 Å². The normalized spacial score (nSPS) is 14.2. The van der Waals surface area contributed by atoms with Crippen LogP contribution >= 0.6 is 0 Å². The van der Waals surface area contributed by atoms with Gasteiger partial charge in [-0.1, -0.05) is 72.8 Å². The van der Waals surface area contributed by atoms with Crippen LogP contribution in [0.25, 0.3) is 10.8 Å². The zero-order valence-corrected chi connectivity index (χ0v) is 29.3. The van der Waals surface area contributed by atoms with Crippen molar-refractivity contribution < 1.29 is 32.3 Å². The number of benzene rings is 4. The summed E-state index contributed by atoms with van der Waals surface area (Å²) in [6, 6.07) is 33.3. The van der Waals surface area contributed by atoms with Crippen molar-refractivity contribution in [1.29, 1.82) is 0 Å². The summed E-state index contributed by atoms with van der Waals surface area (Å²) in [5, 5.41) is 2.20. The molecule has 0 saturated carbocycles. The Balaban J connectivity index is 1.03. The van der Waals surface area contributed by atoms with E-state index in [-0.39, 0.29) is 35.1 Å². The number of nitrogens with one attached hydrogen (secondary N) is 1. The van der Waals surface area contributed by atoms with Gasteiger partial charge in [-0.25, -0.2) is 18.2 Å². The Morgan fingerprint density at radius 1 is 0.882 bits per heavy atom. The fourth-order valence-electron chi connectivity index (χ4n) is 6.49. The lowest BCUT2D eigenvalue weighted by Crippen LogP contribution is -2.43. The van der Waals surface area contributed by atoms with Crippen molar-refractivity contribution in [2.45, 2.75) is 42.1 Å². The van der Waals surface area contributed by atoms with Gasteiger partial charge >= 0.3 is 12.1 Å². The summed E-state index contributed by atoms with van der Waals surface area (Å²) < 4.78 is 37.2. The number of pyridine rings is 1. The van der Waals surface area contributed by atoms with Gasteiger partial charge in [0.05, 0.1) is 31.1 Å². The van der Waals surface area contributed by atoms with Crippen LogP contribution in [0.3, 0.4) is 0 Å². The molecule has 2 heterocycles. The summed E-state index contributed by atoms with van der Waals surface area (Å²) in [4.78, 5) is 38.0. The molecule has 5 aromatic rings. The number of likely N-dealkylation sites (tertiary alicyclic amines) is 1. The molecule has 4 aromatic carbocycles. The molecule has 1 saturated heterocycles. The van der Waals surface area contributed by atoms with Crippen molar-refractivity contribution in [3.05, 3.63) is 132 Å². The molecule has 1 fully saturated rings. The molecule has 0 radical (unpaired) electrons. The van der Waals surface area contributed by atoms with E-state index in [0.717, 1.165) is 21.9 Å². The quantitative estimate of drug-likeness (QED) is 0.135. The number of ether oxygens (including phenoxy) is 2. The van der Waals surface area contributed by atoms with Crippen molar-refractivity contribution >= 4 is 32.7 Å². The molecule has 1 aliphatic rings. The summed E-state index contributed by atoms with van der Waals surface area (Å²) in [6.07, 6.45) is 3.44. The average molecular weight is 708 g/mol. The van der Waals surface area contributed by atoms with Gasteiger partial charge < -0.3 is 19.2 Å². The first-order valence-corrected chi connectivity index (χ1v) is 18.5. The SMILES string of the molecule is COc1ccc(S(=O)(=O)c2cc(CNOC(=O)[C@H](Cc3ccccc3)C3CCN(C(=O)OCCc4cccc5ccccc45)CC3)ccn2)cc1. The van der Waals surface area contributed by atoms with Gasteiger partial charge in [-0.15, -0.1) is 5.48 Å². The summed E-state index contributed by atoms with van der Waals surface area (Å²) in [5.41, 5.74) is 5.47. The summed E-state index contributed by atoms with van der Waals surface area (Å²) in [5.74, 6) is -0.326. The van der Waals surface area contributed by atoms with Gasteiger partial charge in [0, 0.05) is 25.7 Å². The van der Waals surface area contributed by atoms with Gasteiger partial charge in [-0.2, -0.15) is 0 Å². The van der Waals surface area contributed by atoms with E-state index in [9.17, 15) is 18.0 Å². The Morgan fingerprint density at radius 2 is 1.61 bits per heavy atom. The first kappa shape index (κ1) is 35.6. The lowest BCUT2D eigenvalue weighted by atomic mass is 9.81. The van der Waals surface area contributed by atoms with E-state index < -0.39 is 21.7 Å². The number of carbonyl (C=O) groups excluding carboxylic acids is 2. The molecule has 0 aliphatic carbocycles. The number of piperidine rings is 1. The number of nitrogens with zero attached hydrogens (tertiary/aromatic N) is 2. The second kappa shape index (κ2) is 16.6. The highest BCUT2D eigenvalue weighted by Gasteiger charge is 2.34. The first-order valence-electron chi connectivity index (χ1n) is 17.0. The number of sulfone groups is 1. The van der Waals surface area contributed by atoms with Crippen molar-refractivity contribution in [1.82, 2.24) is 15.4 Å². The highest BCUT2D eigenvalue weighted by atomic mass is 32.2. The molecular formula is C40H41N3O7S. The fourth-order valence-corrected chi connectivity index (χ4v) is 7.74. The summed E-state index contributed by atoms with van der Waals surface area (Å²) in [6.45, 7) is 1.33. The number of hydroxylamine groups is 1. The standard InChI is InChI=1S/C40H41N3O7S/c1-48-34-14-16-35(17-15-34)51(46,47)38-27-30(18-22-41-38)28-42-50-39(44)37(26-29-8-3-2-4-9-29)33-19-23-43(24-20-33)40(45)49-25-21-32-12-7-11-31-10-5-6-13-36(31)32/h2-18,22,27,33,37,42H,19-21,23-26,28H2,1H3/t37-/m1/s1. The molecule has 1 atom stereocenters. The number of amides is 1. The zero-order chi connectivity index (χ0) is 35.6. The minimum absolute atomic E-state index is 0.0126.